The maximum atomic E-state index is 6.23. The second-order valence-electron chi connectivity index (χ2n) is 5.93. The summed E-state index contributed by atoms with van der Waals surface area (Å²) in [4.78, 5) is 0.971. The van der Waals surface area contributed by atoms with Gasteiger partial charge >= 0.3 is 0 Å². The Kier molecular flexibility index (Phi) is 3.60. The van der Waals surface area contributed by atoms with E-state index in [1.54, 1.807) is 11.8 Å². The van der Waals surface area contributed by atoms with Crippen LogP contribution in [0.2, 0.25) is 5.02 Å². The molecule has 1 atom stereocenters. The van der Waals surface area contributed by atoms with Crippen molar-refractivity contribution in [1.82, 2.24) is 0 Å². The van der Waals surface area contributed by atoms with E-state index in [2.05, 4.69) is 27.7 Å². The molecule has 1 heterocycles. The molecule has 1 saturated heterocycles. The predicted octanol–water partition coefficient (Wildman–Crippen LogP) is 4.36. The molecule has 0 aliphatic carbocycles. The first-order chi connectivity index (χ1) is 8.21. The van der Waals surface area contributed by atoms with Crippen LogP contribution in [-0.4, -0.2) is 16.5 Å². The zero-order valence-corrected chi connectivity index (χ0v) is 12.9. The summed E-state index contributed by atoms with van der Waals surface area (Å²) in [5.41, 5.74) is 6.50. The Morgan fingerprint density at radius 1 is 1.33 bits per heavy atom. The highest BCUT2D eigenvalue weighted by Crippen LogP contribution is 2.48. The van der Waals surface area contributed by atoms with Crippen LogP contribution in [0.5, 0.6) is 0 Å². The van der Waals surface area contributed by atoms with Crippen LogP contribution in [-0.2, 0) is 4.74 Å². The fourth-order valence-electron chi connectivity index (χ4n) is 2.49. The number of benzene rings is 1. The average Bonchev–Trinajstić information content (AvgIpc) is 2.40. The monoisotopic (exact) mass is 285 g/mol. The number of ether oxygens (including phenoxy) is 1. The number of hydrogen-bond acceptors (Lipinski definition) is 3. The summed E-state index contributed by atoms with van der Waals surface area (Å²) >= 11 is 7.96. The number of thioether (sulfide) groups is 1. The van der Waals surface area contributed by atoms with E-state index in [0.29, 0.717) is 5.25 Å². The van der Waals surface area contributed by atoms with E-state index in [0.717, 1.165) is 22.0 Å². The van der Waals surface area contributed by atoms with Gasteiger partial charge < -0.3 is 10.5 Å². The van der Waals surface area contributed by atoms with Crippen LogP contribution < -0.4 is 5.73 Å². The van der Waals surface area contributed by atoms with Gasteiger partial charge in [-0.15, -0.1) is 11.8 Å². The molecule has 18 heavy (non-hydrogen) atoms. The lowest BCUT2D eigenvalue weighted by Gasteiger charge is -2.27. The number of rotatable bonds is 2. The zero-order chi connectivity index (χ0) is 13.6. The third-order valence-electron chi connectivity index (χ3n) is 3.25. The fourth-order valence-corrected chi connectivity index (χ4v) is 4.29. The molecule has 1 aromatic carbocycles. The van der Waals surface area contributed by atoms with Gasteiger partial charge in [0.25, 0.3) is 0 Å². The molecule has 0 aromatic heterocycles. The van der Waals surface area contributed by atoms with Gasteiger partial charge in [-0.25, -0.2) is 0 Å². The summed E-state index contributed by atoms with van der Waals surface area (Å²) in [5.74, 6) is 0. The molecule has 1 fully saturated rings. The number of nitrogen functional groups attached to an aromatic ring is 1. The molecule has 1 aromatic rings. The molecule has 0 spiro atoms. The Balaban J connectivity index is 2.25. The van der Waals surface area contributed by atoms with E-state index >= 15 is 0 Å². The van der Waals surface area contributed by atoms with Gasteiger partial charge in [-0.05, 0) is 46.2 Å². The van der Waals surface area contributed by atoms with Crippen molar-refractivity contribution in [1.29, 1.82) is 0 Å². The fraction of sp³-hybridized carbons (Fsp3) is 0.571. The van der Waals surface area contributed by atoms with Crippen molar-refractivity contribution in [3.63, 3.8) is 0 Å². The van der Waals surface area contributed by atoms with E-state index in [1.807, 2.05) is 18.2 Å². The van der Waals surface area contributed by atoms with Crippen molar-refractivity contribution in [3.05, 3.63) is 23.2 Å². The third kappa shape index (κ3) is 2.79. The first-order valence-electron chi connectivity index (χ1n) is 6.12. The minimum atomic E-state index is -0.167. The summed E-state index contributed by atoms with van der Waals surface area (Å²) < 4.78 is 6.10. The molecule has 0 bridgehead atoms. The molecule has 2 N–H and O–H groups in total. The smallest absolute Gasteiger partial charge is 0.0756 e. The van der Waals surface area contributed by atoms with Gasteiger partial charge in [0, 0.05) is 15.8 Å². The summed E-state index contributed by atoms with van der Waals surface area (Å²) in [6.45, 7) is 8.52. The normalized spacial score (nSPS) is 25.3. The van der Waals surface area contributed by atoms with Crippen LogP contribution >= 0.6 is 23.4 Å². The van der Waals surface area contributed by atoms with Crippen LogP contribution in [0.1, 0.15) is 34.1 Å². The molecule has 2 nitrogen and oxygen atoms in total. The van der Waals surface area contributed by atoms with E-state index < -0.39 is 0 Å². The standard InChI is InChI=1S/C14H20ClNOS/c1-13(2)8-11(14(3,4)17-13)18-12-9(15)6-5-7-10(12)16/h5-7,11H,8,16H2,1-4H3. The molecule has 0 radical (unpaired) electrons. The van der Waals surface area contributed by atoms with E-state index in [4.69, 9.17) is 22.1 Å². The molecule has 4 heteroatoms. The van der Waals surface area contributed by atoms with Crippen LogP contribution in [0.15, 0.2) is 23.1 Å². The van der Waals surface area contributed by atoms with Crippen molar-refractivity contribution in [3.8, 4) is 0 Å². The van der Waals surface area contributed by atoms with Gasteiger partial charge in [-0.1, -0.05) is 17.7 Å². The number of nitrogens with two attached hydrogens (primary N) is 1. The molecule has 100 valence electrons. The average molecular weight is 286 g/mol. The molecule has 0 saturated carbocycles. The molecular weight excluding hydrogens is 266 g/mol. The van der Waals surface area contributed by atoms with Crippen LogP contribution in [0.3, 0.4) is 0 Å². The lowest BCUT2D eigenvalue weighted by atomic mass is 10.0. The van der Waals surface area contributed by atoms with Crippen molar-refractivity contribution in [2.45, 2.75) is 55.5 Å². The van der Waals surface area contributed by atoms with Gasteiger partial charge in [-0.3, -0.25) is 0 Å². The minimum Gasteiger partial charge on any atom is -0.398 e. The summed E-state index contributed by atoms with van der Waals surface area (Å²) in [5, 5.41) is 1.08. The second kappa shape index (κ2) is 4.62. The van der Waals surface area contributed by atoms with Crippen LogP contribution in [0, 0.1) is 0 Å². The van der Waals surface area contributed by atoms with Crippen molar-refractivity contribution in [2.24, 2.45) is 0 Å². The SMILES string of the molecule is CC1(C)CC(Sc2c(N)cccc2Cl)C(C)(C)O1. The third-order valence-corrected chi connectivity index (χ3v) is 5.39. The Labute approximate surface area is 118 Å². The zero-order valence-electron chi connectivity index (χ0n) is 11.3. The van der Waals surface area contributed by atoms with Gasteiger partial charge in [-0.2, -0.15) is 0 Å². The van der Waals surface area contributed by atoms with Crippen LogP contribution in [0.4, 0.5) is 5.69 Å². The van der Waals surface area contributed by atoms with Gasteiger partial charge in [0.05, 0.1) is 16.2 Å². The highest BCUT2D eigenvalue weighted by atomic mass is 35.5. The summed E-state index contributed by atoms with van der Waals surface area (Å²) in [6.07, 6.45) is 0.995. The molecule has 0 amide bonds. The highest BCUT2D eigenvalue weighted by Gasteiger charge is 2.46. The minimum absolute atomic E-state index is 0.0861. The Morgan fingerprint density at radius 2 is 2.00 bits per heavy atom. The molecule has 2 rings (SSSR count). The van der Waals surface area contributed by atoms with Gasteiger partial charge in [0.15, 0.2) is 0 Å². The first kappa shape index (κ1) is 14.0. The van der Waals surface area contributed by atoms with E-state index in [9.17, 15) is 0 Å². The van der Waals surface area contributed by atoms with Crippen molar-refractivity contribution >= 4 is 29.1 Å². The number of hydrogen-bond donors (Lipinski definition) is 1. The lowest BCUT2D eigenvalue weighted by molar-refractivity contribution is -0.0631. The Bertz CT molecular complexity index is 439. The molecule has 1 aliphatic rings. The predicted molar refractivity (Wildman–Crippen MR) is 79.4 cm³/mol. The quantitative estimate of drug-likeness (QED) is 0.820. The second-order valence-corrected chi connectivity index (χ2v) is 7.55. The summed E-state index contributed by atoms with van der Waals surface area (Å²) in [7, 11) is 0. The van der Waals surface area contributed by atoms with Crippen molar-refractivity contribution in [2.75, 3.05) is 5.73 Å². The first-order valence-corrected chi connectivity index (χ1v) is 7.38. The summed E-state index contributed by atoms with van der Waals surface area (Å²) in [6, 6.07) is 5.65. The topological polar surface area (TPSA) is 35.2 Å². The van der Waals surface area contributed by atoms with E-state index in [-0.39, 0.29) is 11.2 Å². The maximum Gasteiger partial charge on any atom is 0.0756 e. The van der Waals surface area contributed by atoms with E-state index in [1.165, 1.54) is 0 Å². The Hall–Kier alpha value is -0.380. The molecule has 1 unspecified atom stereocenters. The maximum absolute atomic E-state index is 6.23. The van der Waals surface area contributed by atoms with Gasteiger partial charge in [0.1, 0.15) is 0 Å². The number of halogens is 1. The molecule has 1 aliphatic heterocycles. The molecular formula is C14H20ClNOS. The van der Waals surface area contributed by atoms with Crippen molar-refractivity contribution < 1.29 is 4.74 Å². The largest absolute Gasteiger partial charge is 0.398 e. The number of anilines is 1. The van der Waals surface area contributed by atoms with Crippen LogP contribution in [0.25, 0.3) is 0 Å². The lowest BCUT2D eigenvalue weighted by Crippen LogP contribution is -2.31. The van der Waals surface area contributed by atoms with Gasteiger partial charge in [0.2, 0.25) is 0 Å². The highest BCUT2D eigenvalue weighted by molar-refractivity contribution is 8.00. The Morgan fingerprint density at radius 3 is 2.50 bits per heavy atom.